The van der Waals surface area contributed by atoms with Crippen molar-refractivity contribution in [2.45, 2.75) is 52.0 Å². The largest absolute Gasteiger partial charge is 0.507 e. The van der Waals surface area contributed by atoms with Crippen molar-refractivity contribution in [2.75, 3.05) is 0 Å². The van der Waals surface area contributed by atoms with Gasteiger partial charge in [-0.25, -0.2) is 0 Å². The van der Waals surface area contributed by atoms with Gasteiger partial charge in [-0.1, -0.05) is 78.7 Å². The molecule has 5 nitrogen and oxygen atoms in total. The Balaban J connectivity index is 1.29. The normalized spacial score (nSPS) is 25.0. The lowest BCUT2D eigenvalue weighted by molar-refractivity contribution is 0.0599. The lowest BCUT2D eigenvalue weighted by atomic mass is 9.54. The predicted octanol–water partition coefficient (Wildman–Crippen LogP) is 6.65. The first-order chi connectivity index (χ1) is 18.9. The molecule has 0 amide bonds. The molecule has 1 heterocycles. The topological polar surface area (TPSA) is 83.8 Å². The number of carbonyl (C=O) groups is 2. The molecule has 6 rings (SSSR count). The monoisotopic (exact) mass is 520 g/mol. The quantitative estimate of drug-likeness (QED) is 0.291. The molecule has 198 valence electrons. The van der Waals surface area contributed by atoms with Crippen molar-refractivity contribution in [2.24, 2.45) is 17.8 Å². The van der Waals surface area contributed by atoms with Crippen molar-refractivity contribution in [1.29, 1.82) is 0 Å². The summed E-state index contributed by atoms with van der Waals surface area (Å²) in [5.74, 6) is -0.662. The number of ketones is 2. The summed E-state index contributed by atoms with van der Waals surface area (Å²) >= 11 is 0. The molecule has 2 aliphatic carbocycles. The van der Waals surface area contributed by atoms with Gasteiger partial charge in [0, 0.05) is 28.3 Å². The zero-order valence-electron chi connectivity index (χ0n) is 22.4. The Morgan fingerprint density at radius 3 is 2.41 bits per heavy atom. The third-order valence-electron chi connectivity index (χ3n) is 8.93. The molecule has 6 heteroatoms. The molecule has 39 heavy (non-hydrogen) atoms. The summed E-state index contributed by atoms with van der Waals surface area (Å²) in [6.45, 7) is 4.19. The Labute approximate surface area is 229 Å². The lowest BCUT2D eigenvalue weighted by Gasteiger charge is -2.47. The van der Waals surface area contributed by atoms with E-state index in [0.29, 0.717) is 30.3 Å². The Bertz CT molecular complexity index is 1540. The molecule has 0 aromatic heterocycles. The highest BCUT2D eigenvalue weighted by Crippen LogP contribution is 2.51. The second kappa shape index (κ2) is 10.3. The van der Waals surface area contributed by atoms with E-state index in [1.807, 2.05) is 42.5 Å². The van der Waals surface area contributed by atoms with E-state index in [-0.39, 0.29) is 35.3 Å². The smallest absolute Gasteiger partial charge is 0.455 e. The molecule has 3 aromatic rings. The standard InChI is InChI=1S/C33H33BO5/c1-3-20-17-26-31(33(37)25-11-7-6-10-24(25)32(26)36)27-18-34(38)39-29(30(20)27)15-12-19(2)16-21-13-14-28(35)23-9-5-4-8-22(21)23/h4-11,13-14,16,26-27,29,31,35,38H,3,12,15,17-18H2,1-2H3/b19-16+/t26-,27+,29-,31-/m1/s1. The number of phenols is 1. The third kappa shape index (κ3) is 4.46. The summed E-state index contributed by atoms with van der Waals surface area (Å²) in [6.07, 6.45) is 4.99. The van der Waals surface area contributed by atoms with Crippen LogP contribution in [0.2, 0.25) is 6.32 Å². The molecule has 3 aliphatic rings. The van der Waals surface area contributed by atoms with E-state index in [1.165, 1.54) is 5.57 Å². The molecule has 4 atom stereocenters. The van der Waals surface area contributed by atoms with Crippen molar-refractivity contribution in [3.8, 4) is 5.75 Å². The fraction of sp³-hybridized carbons (Fsp3) is 0.333. The molecule has 3 aromatic carbocycles. The molecule has 0 radical (unpaired) electrons. The van der Waals surface area contributed by atoms with Crippen LogP contribution in [-0.2, 0) is 4.65 Å². The second-order valence-corrected chi connectivity index (χ2v) is 11.2. The molecular weight excluding hydrogens is 487 g/mol. The lowest BCUT2D eigenvalue weighted by Crippen LogP contribution is -2.50. The van der Waals surface area contributed by atoms with Crippen LogP contribution in [0.15, 0.2) is 77.4 Å². The van der Waals surface area contributed by atoms with E-state index in [2.05, 4.69) is 19.9 Å². The molecule has 1 saturated heterocycles. The number of carbonyl (C=O) groups excluding carboxylic acids is 2. The Hall–Kier alpha value is -3.48. The maximum Gasteiger partial charge on any atom is 0.455 e. The molecule has 2 N–H and O–H groups in total. The minimum absolute atomic E-state index is 0.0241. The van der Waals surface area contributed by atoms with Crippen molar-refractivity contribution >= 4 is 35.5 Å². The van der Waals surface area contributed by atoms with Gasteiger partial charge in [0.05, 0.1) is 6.10 Å². The highest BCUT2D eigenvalue weighted by Gasteiger charge is 2.53. The molecule has 0 bridgehead atoms. The van der Waals surface area contributed by atoms with Gasteiger partial charge in [-0.2, -0.15) is 0 Å². The van der Waals surface area contributed by atoms with Crippen LogP contribution < -0.4 is 0 Å². The number of aromatic hydroxyl groups is 1. The zero-order valence-corrected chi connectivity index (χ0v) is 22.4. The number of rotatable bonds is 5. The zero-order chi connectivity index (χ0) is 27.3. The van der Waals surface area contributed by atoms with Gasteiger partial charge in [0.1, 0.15) is 5.75 Å². The van der Waals surface area contributed by atoms with E-state index in [9.17, 15) is 19.7 Å². The average Bonchev–Trinajstić information content (AvgIpc) is 2.95. The first kappa shape index (κ1) is 25.8. The van der Waals surface area contributed by atoms with E-state index in [0.717, 1.165) is 40.3 Å². The van der Waals surface area contributed by atoms with Crippen LogP contribution in [-0.4, -0.2) is 34.9 Å². The molecule has 1 aliphatic heterocycles. The van der Waals surface area contributed by atoms with Gasteiger partial charge >= 0.3 is 7.12 Å². The first-order valence-electron chi connectivity index (χ1n) is 14.0. The first-order valence-corrected chi connectivity index (χ1v) is 14.0. The van der Waals surface area contributed by atoms with Gasteiger partial charge < -0.3 is 14.8 Å². The van der Waals surface area contributed by atoms with Gasteiger partial charge in [0.15, 0.2) is 11.6 Å². The van der Waals surface area contributed by atoms with E-state index in [1.54, 1.807) is 18.2 Å². The number of fused-ring (bicyclic) bond motifs is 5. The highest BCUT2D eigenvalue weighted by molar-refractivity contribution is 6.43. The fourth-order valence-corrected chi connectivity index (χ4v) is 7.14. The van der Waals surface area contributed by atoms with Gasteiger partial charge in [-0.15, -0.1) is 0 Å². The number of phenolic OH excluding ortho intramolecular Hbond substituents is 1. The van der Waals surface area contributed by atoms with Crippen LogP contribution in [0.4, 0.5) is 0 Å². The molecule has 0 saturated carbocycles. The molecule has 1 fully saturated rings. The highest BCUT2D eigenvalue weighted by atomic mass is 16.5. The van der Waals surface area contributed by atoms with Crippen molar-refractivity contribution in [3.05, 3.63) is 94.1 Å². The Morgan fingerprint density at radius 2 is 1.67 bits per heavy atom. The molecule has 0 unspecified atom stereocenters. The van der Waals surface area contributed by atoms with Crippen molar-refractivity contribution < 1.29 is 24.4 Å². The van der Waals surface area contributed by atoms with Crippen LogP contribution in [0.5, 0.6) is 5.75 Å². The minimum atomic E-state index is -0.967. The summed E-state index contributed by atoms with van der Waals surface area (Å²) in [5.41, 5.74) is 5.59. The second-order valence-electron chi connectivity index (χ2n) is 11.2. The average molecular weight is 520 g/mol. The van der Waals surface area contributed by atoms with E-state index < -0.39 is 13.0 Å². The van der Waals surface area contributed by atoms with Crippen LogP contribution in [0.1, 0.15) is 65.8 Å². The maximum atomic E-state index is 13.7. The van der Waals surface area contributed by atoms with Crippen LogP contribution in [0, 0.1) is 17.8 Å². The minimum Gasteiger partial charge on any atom is -0.507 e. The van der Waals surface area contributed by atoms with Gasteiger partial charge in [0.2, 0.25) is 0 Å². The van der Waals surface area contributed by atoms with E-state index in [4.69, 9.17) is 4.65 Å². The summed E-state index contributed by atoms with van der Waals surface area (Å²) in [7, 11) is -0.967. The van der Waals surface area contributed by atoms with E-state index >= 15 is 0 Å². The number of benzene rings is 3. The van der Waals surface area contributed by atoms with Crippen LogP contribution >= 0.6 is 0 Å². The molecule has 0 spiro atoms. The number of allylic oxidation sites excluding steroid dienone is 2. The number of Topliss-reactive ketones (excluding diaryl/α,β-unsaturated/α-hetero) is 2. The summed E-state index contributed by atoms with van der Waals surface area (Å²) in [6, 6.07) is 18.6. The summed E-state index contributed by atoms with van der Waals surface area (Å²) < 4.78 is 6.13. The summed E-state index contributed by atoms with van der Waals surface area (Å²) in [5, 5.41) is 22.8. The van der Waals surface area contributed by atoms with Gasteiger partial charge in [-0.3, -0.25) is 9.59 Å². The van der Waals surface area contributed by atoms with Crippen LogP contribution in [0.25, 0.3) is 16.8 Å². The Morgan fingerprint density at radius 1 is 0.974 bits per heavy atom. The van der Waals surface area contributed by atoms with Crippen molar-refractivity contribution in [3.63, 3.8) is 0 Å². The third-order valence-corrected chi connectivity index (χ3v) is 8.93. The summed E-state index contributed by atoms with van der Waals surface area (Å²) in [4.78, 5) is 27.2. The van der Waals surface area contributed by atoms with Gasteiger partial charge in [0.25, 0.3) is 0 Å². The van der Waals surface area contributed by atoms with Crippen LogP contribution in [0.3, 0.4) is 0 Å². The fourth-order valence-electron chi connectivity index (χ4n) is 7.14. The Kier molecular flexibility index (Phi) is 6.78. The van der Waals surface area contributed by atoms with Crippen molar-refractivity contribution in [1.82, 2.24) is 0 Å². The maximum absolute atomic E-state index is 13.7. The number of hydrogen-bond acceptors (Lipinski definition) is 5. The molecular formula is C33H33BO5. The van der Waals surface area contributed by atoms with Gasteiger partial charge in [-0.05, 0) is 67.4 Å². The predicted molar refractivity (Wildman–Crippen MR) is 154 cm³/mol. The number of hydrogen-bond donors (Lipinski definition) is 2. The SMILES string of the molecule is CCC1=C2[C@@H](CC/C(C)=C/c3ccc(O)c4ccccc34)OB(O)C[C@@H]2[C@@H]2C(=O)c3ccccc3C(=O)[C@@H]2C1.